The van der Waals surface area contributed by atoms with Crippen LogP contribution in [0, 0.1) is 0 Å². The predicted octanol–water partition coefficient (Wildman–Crippen LogP) is 1.03. The van der Waals surface area contributed by atoms with E-state index in [4.69, 9.17) is 9.84 Å². The third-order valence-electron chi connectivity index (χ3n) is 3.30. The molecule has 1 N–H and O–H groups in total. The van der Waals surface area contributed by atoms with Crippen molar-refractivity contribution in [3.63, 3.8) is 0 Å². The number of ether oxygens (including phenoxy) is 1. The predicted molar refractivity (Wildman–Crippen MR) is 72.9 cm³/mol. The third-order valence-corrected chi connectivity index (χ3v) is 4.22. The molecule has 0 saturated carbocycles. The van der Waals surface area contributed by atoms with Gasteiger partial charge in [-0.1, -0.05) is 6.92 Å². The molecule has 1 aromatic rings. The number of hydrogen-bond acceptors (Lipinski definition) is 4. The third kappa shape index (κ3) is 3.16. The first-order chi connectivity index (χ1) is 9.02. The minimum absolute atomic E-state index is 0.411. The summed E-state index contributed by atoms with van der Waals surface area (Å²) in [6, 6.07) is 0. The standard InChI is InChI=1S/C12H18BrN3O3/c1-3-8-11(13)9(15(2)14-8)6-16-4-5-19-10(7-16)12(17)18/h10H,3-7H2,1-2H3,(H,17,18). The molecule has 1 unspecified atom stereocenters. The number of carbonyl (C=O) groups is 1. The Hall–Kier alpha value is -0.920. The van der Waals surface area contributed by atoms with Crippen LogP contribution in [0.25, 0.3) is 0 Å². The van der Waals surface area contributed by atoms with E-state index in [1.807, 2.05) is 11.7 Å². The fourth-order valence-corrected chi connectivity index (χ4v) is 2.94. The van der Waals surface area contributed by atoms with Crippen LogP contribution in [0.1, 0.15) is 18.3 Å². The fourth-order valence-electron chi connectivity index (χ4n) is 2.20. The molecule has 0 aromatic carbocycles. The maximum absolute atomic E-state index is 11.0. The molecule has 1 aliphatic heterocycles. The lowest BCUT2D eigenvalue weighted by molar-refractivity contribution is -0.156. The van der Waals surface area contributed by atoms with Gasteiger partial charge in [-0.3, -0.25) is 9.58 Å². The number of aliphatic carboxylic acids is 1. The normalized spacial score (nSPS) is 20.7. The summed E-state index contributed by atoms with van der Waals surface area (Å²) in [7, 11) is 1.91. The summed E-state index contributed by atoms with van der Waals surface area (Å²) in [5.74, 6) is -0.900. The monoisotopic (exact) mass is 331 g/mol. The maximum Gasteiger partial charge on any atom is 0.334 e. The molecule has 1 fully saturated rings. The minimum atomic E-state index is -0.900. The smallest absolute Gasteiger partial charge is 0.334 e. The molecule has 6 nitrogen and oxygen atoms in total. The summed E-state index contributed by atoms with van der Waals surface area (Å²) in [6.45, 7) is 4.34. The van der Waals surface area contributed by atoms with Crippen molar-refractivity contribution in [2.45, 2.75) is 26.0 Å². The topological polar surface area (TPSA) is 67.6 Å². The Kier molecular flexibility index (Phi) is 4.59. The Balaban J connectivity index is 2.08. The lowest BCUT2D eigenvalue weighted by Gasteiger charge is -2.30. The number of halogens is 1. The molecule has 7 heteroatoms. The minimum Gasteiger partial charge on any atom is -0.479 e. The van der Waals surface area contributed by atoms with Gasteiger partial charge in [0.15, 0.2) is 6.10 Å². The number of rotatable bonds is 4. The van der Waals surface area contributed by atoms with Crippen LogP contribution in [0.15, 0.2) is 4.47 Å². The zero-order valence-corrected chi connectivity index (χ0v) is 12.7. The van der Waals surface area contributed by atoms with Crippen LogP contribution in [0.4, 0.5) is 0 Å². The van der Waals surface area contributed by atoms with E-state index >= 15 is 0 Å². The van der Waals surface area contributed by atoms with E-state index < -0.39 is 12.1 Å². The van der Waals surface area contributed by atoms with E-state index in [1.54, 1.807) is 0 Å². The van der Waals surface area contributed by atoms with E-state index in [-0.39, 0.29) is 0 Å². The van der Waals surface area contributed by atoms with Gasteiger partial charge in [0.05, 0.1) is 22.5 Å². The van der Waals surface area contributed by atoms with Crippen molar-refractivity contribution in [1.82, 2.24) is 14.7 Å². The molecule has 0 radical (unpaired) electrons. The van der Waals surface area contributed by atoms with Crippen LogP contribution < -0.4 is 0 Å². The summed E-state index contributed by atoms with van der Waals surface area (Å²) in [5.41, 5.74) is 2.10. The number of nitrogens with zero attached hydrogens (tertiary/aromatic N) is 3. The molecule has 19 heavy (non-hydrogen) atoms. The molecule has 0 aliphatic carbocycles. The van der Waals surface area contributed by atoms with Crippen molar-refractivity contribution in [3.8, 4) is 0 Å². The van der Waals surface area contributed by atoms with Gasteiger partial charge < -0.3 is 9.84 Å². The highest BCUT2D eigenvalue weighted by atomic mass is 79.9. The van der Waals surface area contributed by atoms with Crippen molar-refractivity contribution in [2.24, 2.45) is 7.05 Å². The van der Waals surface area contributed by atoms with Crippen LogP contribution in [0.3, 0.4) is 0 Å². The van der Waals surface area contributed by atoms with Crippen LogP contribution in [0.5, 0.6) is 0 Å². The highest BCUT2D eigenvalue weighted by Crippen LogP contribution is 2.23. The maximum atomic E-state index is 11.0. The fraction of sp³-hybridized carbons (Fsp3) is 0.667. The molecule has 2 rings (SSSR count). The summed E-state index contributed by atoms with van der Waals surface area (Å²) >= 11 is 3.58. The molecule has 1 atom stereocenters. The van der Waals surface area contributed by atoms with Crippen molar-refractivity contribution < 1.29 is 14.6 Å². The zero-order chi connectivity index (χ0) is 14.0. The largest absolute Gasteiger partial charge is 0.479 e. The van der Waals surface area contributed by atoms with Crippen LogP contribution in [-0.2, 0) is 29.5 Å². The Bertz CT molecular complexity index is 475. The number of aromatic nitrogens is 2. The summed E-state index contributed by atoms with van der Waals surface area (Å²) in [4.78, 5) is 13.0. The van der Waals surface area contributed by atoms with Gasteiger partial charge in [0.2, 0.25) is 0 Å². The lowest BCUT2D eigenvalue weighted by Crippen LogP contribution is -2.45. The first-order valence-electron chi connectivity index (χ1n) is 6.30. The molecular weight excluding hydrogens is 314 g/mol. The SMILES string of the molecule is CCc1nn(C)c(CN2CCOC(C(=O)O)C2)c1Br. The summed E-state index contributed by atoms with van der Waals surface area (Å²) in [5, 5.41) is 13.4. The molecule has 1 saturated heterocycles. The van der Waals surface area contributed by atoms with Gasteiger partial charge in [-0.2, -0.15) is 5.10 Å². The van der Waals surface area contributed by atoms with E-state index in [0.717, 1.165) is 28.8 Å². The van der Waals surface area contributed by atoms with Gasteiger partial charge in [-0.25, -0.2) is 4.79 Å². The van der Waals surface area contributed by atoms with Crippen LogP contribution in [0.2, 0.25) is 0 Å². The number of carboxylic acid groups (broad SMARTS) is 1. The second-order valence-electron chi connectivity index (χ2n) is 4.62. The quantitative estimate of drug-likeness (QED) is 0.892. The summed E-state index contributed by atoms with van der Waals surface area (Å²) < 4.78 is 8.10. The molecule has 1 aromatic heterocycles. The number of hydrogen-bond donors (Lipinski definition) is 1. The Morgan fingerprint density at radius 3 is 2.95 bits per heavy atom. The highest BCUT2D eigenvalue weighted by Gasteiger charge is 2.27. The Morgan fingerprint density at radius 1 is 1.63 bits per heavy atom. The first kappa shape index (κ1) is 14.5. The van der Waals surface area contributed by atoms with Crippen molar-refractivity contribution in [3.05, 3.63) is 15.9 Å². The van der Waals surface area contributed by atoms with Crippen molar-refractivity contribution in [1.29, 1.82) is 0 Å². The second-order valence-corrected chi connectivity index (χ2v) is 5.41. The zero-order valence-electron chi connectivity index (χ0n) is 11.1. The molecule has 0 amide bonds. The average molecular weight is 332 g/mol. The van der Waals surface area contributed by atoms with E-state index in [1.165, 1.54) is 0 Å². The number of morpholine rings is 1. The lowest BCUT2D eigenvalue weighted by atomic mass is 10.2. The average Bonchev–Trinajstić information content (AvgIpc) is 2.66. The Labute approximate surface area is 120 Å². The molecule has 2 heterocycles. The second kappa shape index (κ2) is 6.02. The van der Waals surface area contributed by atoms with E-state index in [0.29, 0.717) is 19.7 Å². The van der Waals surface area contributed by atoms with E-state index in [9.17, 15) is 4.79 Å². The number of aryl methyl sites for hydroxylation is 2. The van der Waals surface area contributed by atoms with Crippen molar-refractivity contribution in [2.75, 3.05) is 19.7 Å². The van der Waals surface area contributed by atoms with E-state index in [2.05, 4.69) is 32.9 Å². The highest BCUT2D eigenvalue weighted by molar-refractivity contribution is 9.10. The Morgan fingerprint density at radius 2 is 2.37 bits per heavy atom. The molecule has 106 valence electrons. The first-order valence-corrected chi connectivity index (χ1v) is 7.09. The summed E-state index contributed by atoms with van der Waals surface area (Å²) in [6.07, 6.45) is 0.140. The van der Waals surface area contributed by atoms with Gasteiger partial charge in [-0.15, -0.1) is 0 Å². The van der Waals surface area contributed by atoms with Gasteiger partial charge in [-0.05, 0) is 22.4 Å². The van der Waals surface area contributed by atoms with Gasteiger partial charge in [0, 0.05) is 26.7 Å². The van der Waals surface area contributed by atoms with Gasteiger partial charge >= 0.3 is 5.97 Å². The molecule has 0 spiro atoms. The number of carboxylic acids is 1. The van der Waals surface area contributed by atoms with Crippen molar-refractivity contribution >= 4 is 21.9 Å². The molecular formula is C12H18BrN3O3. The molecule has 1 aliphatic rings. The van der Waals surface area contributed by atoms with Crippen LogP contribution >= 0.6 is 15.9 Å². The van der Waals surface area contributed by atoms with Gasteiger partial charge in [0.1, 0.15) is 0 Å². The van der Waals surface area contributed by atoms with Gasteiger partial charge in [0.25, 0.3) is 0 Å². The molecule has 0 bridgehead atoms. The van der Waals surface area contributed by atoms with Crippen LogP contribution in [-0.4, -0.2) is 51.6 Å².